The summed E-state index contributed by atoms with van der Waals surface area (Å²) in [5.74, 6) is -1.14. The number of fused-ring (bicyclic) bond motifs is 9. The standard InChI is InChI=1S/C63H67BF2N2S/c1-36-27-52-55-53(28-36)68(49-20-19-38(65)29-48(49)66)56-40-31-42-46(63(12,13)26-22-59(42,4)5)35-54(40)69-57(56)64(55)47-32-43-45(62(10,11)25-23-60(43,6)7)34-51(47)67(52)50-33-44-41(58(2,3)21-24-61(44,8)9)30-39(50)37-17-15-14-16-18-37/h14-20,27-35H,21-26H2,1-13H3. The normalized spacial score (nSPS) is 20.4. The van der Waals surface area contributed by atoms with Crippen LogP contribution >= 0.6 is 11.3 Å². The molecule has 0 N–H and O–H groups in total. The maximum absolute atomic E-state index is 17.0. The van der Waals surface area contributed by atoms with E-state index < -0.39 is 11.6 Å². The Labute approximate surface area is 414 Å². The van der Waals surface area contributed by atoms with E-state index in [2.05, 4.69) is 179 Å². The number of benzene rings is 6. The Hall–Kier alpha value is -5.20. The third kappa shape index (κ3) is 6.51. The van der Waals surface area contributed by atoms with Gasteiger partial charge in [0.15, 0.2) is 0 Å². The predicted molar refractivity (Wildman–Crippen MR) is 292 cm³/mol. The molecule has 2 nitrogen and oxygen atoms in total. The molecule has 0 bridgehead atoms. The van der Waals surface area contributed by atoms with Gasteiger partial charge < -0.3 is 9.80 Å². The summed E-state index contributed by atoms with van der Waals surface area (Å²) in [7, 11) is 0. The van der Waals surface area contributed by atoms with Gasteiger partial charge in [-0.15, -0.1) is 11.3 Å². The fourth-order valence-electron chi connectivity index (χ4n) is 13.5. The molecule has 0 saturated heterocycles. The molecule has 0 radical (unpaired) electrons. The molecule has 0 amide bonds. The molecule has 0 spiro atoms. The number of rotatable bonds is 3. The molecular weight excluding hydrogens is 866 g/mol. The zero-order valence-electron chi connectivity index (χ0n) is 43.1. The number of halogens is 2. The summed E-state index contributed by atoms with van der Waals surface area (Å²) in [6, 6.07) is 35.1. The van der Waals surface area contributed by atoms with Gasteiger partial charge in [0.2, 0.25) is 0 Å². The van der Waals surface area contributed by atoms with E-state index >= 15 is 8.78 Å². The van der Waals surface area contributed by atoms with E-state index in [4.69, 9.17) is 0 Å². The number of thiophene rings is 1. The van der Waals surface area contributed by atoms with E-state index in [0.29, 0.717) is 5.69 Å². The Balaban J connectivity index is 1.25. The smallest absolute Gasteiger partial charge is 0.264 e. The van der Waals surface area contributed by atoms with Gasteiger partial charge in [-0.05, 0) is 188 Å². The fraction of sp³-hybridized carbons (Fsp3) is 0.397. The molecule has 2 aliphatic heterocycles. The second-order valence-corrected chi connectivity index (χ2v) is 26.7. The average molecular weight is 933 g/mol. The van der Waals surface area contributed by atoms with Gasteiger partial charge in [-0.1, -0.05) is 119 Å². The first-order valence-corrected chi connectivity index (χ1v) is 26.4. The summed E-state index contributed by atoms with van der Waals surface area (Å²) in [6.07, 6.45) is 6.67. The molecule has 6 heteroatoms. The summed E-state index contributed by atoms with van der Waals surface area (Å²) < 4.78 is 34.5. The molecule has 0 fully saturated rings. The Morgan fingerprint density at radius 3 is 1.54 bits per heavy atom. The quantitative estimate of drug-likeness (QED) is 0.163. The van der Waals surface area contributed by atoms with Crippen molar-refractivity contribution in [2.24, 2.45) is 0 Å². The monoisotopic (exact) mass is 933 g/mol. The van der Waals surface area contributed by atoms with Crippen molar-refractivity contribution < 1.29 is 8.78 Å². The number of hydrogen-bond donors (Lipinski definition) is 0. The molecule has 3 aliphatic carbocycles. The van der Waals surface area contributed by atoms with Crippen LogP contribution in [0.3, 0.4) is 0 Å². The second-order valence-electron chi connectivity index (χ2n) is 25.7. The van der Waals surface area contributed by atoms with Crippen molar-refractivity contribution >= 4 is 78.0 Å². The van der Waals surface area contributed by atoms with E-state index in [0.717, 1.165) is 72.6 Å². The molecule has 5 aliphatic rings. The lowest BCUT2D eigenvalue weighted by Crippen LogP contribution is -2.61. The maximum Gasteiger partial charge on any atom is 0.264 e. The van der Waals surface area contributed by atoms with Crippen molar-refractivity contribution in [2.75, 3.05) is 9.80 Å². The number of anilines is 6. The number of nitrogens with zero attached hydrogens (tertiary/aromatic N) is 2. The van der Waals surface area contributed by atoms with Crippen molar-refractivity contribution in [1.29, 1.82) is 0 Å². The van der Waals surface area contributed by atoms with Gasteiger partial charge in [-0.3, -0.25) is 0 Å². The summed E-state index contributed by atoms with van der Waals surface area (Å²) in [5.41, 5.74) is 20.2. The van der Waals surface area contributed by atoms with Crippen molar-refractivity contribution in [3.63, 3.8) is 0 Å². The van der Waals surface area contributed by atoms with Crippen LogP contribution in [0, 0.1) is 18.6 Å². The summed E-state index contributed by atoms with van der Waals surface area (Å²) in [5, 5.41) is 1.14. The first kappa shape index (κ1) is 45.0. The highest BCUT2D eigenvalue weighted by Crippen LogP contribution is 2.57. The van der Waals surface area contributed by atoms with E-state index in [1.54, 1.807) is 6.07 Å². The predicted octanol–water partition coefficient (Wildman–Crippen LogP) is 16.3. The average Bonchev–Trinajstić information content (AvgIpc) is 3.66. The van der Waals surface area contributed by atoms with Gasteiger partial charge in [-0.2, -0.15) is 0 Å². The van der Waals surface area contributed by atoms with Gasteiger partial charge in [0.25, 0.3) is 6.71 Å². The van der Waals surface area contributed by atoms with Crippen LogP contribution in [-0.4, -0.2) is 6.71 Å². The first-order valence-electron chi connectivity index (χ1n) is 25.6. The fourth-order valence-corrected chi connectivity index (χ4v) is 14.9. The van der Waals surface area contributed by atoms with Gasteiger partial charge in [0.05, 0.1) is 17.1 Å². The zero-order chi connectivity index (χ0) is 48.7. The molecular formula is C63H67BF2N2S. The summed E-state index contributed by atoms with van der Waals surface area (Å²) in [6.45, 7) is 31.1. The number of hydrogen-bond acceptors (Lipinski definition) is 3. The minimum absolute atomic E-state index is 0.00987. The highest BCUT2D eigenvalue weighted by atomic mass is 32.1. The molecule has 0 atom stereocenters. The van der Waals surface area contributed by atoms with Crippen LogP contribution in [0.5, 0.6) is 0 Å². The van der Waals surface area contributed by atoms with Crippen LogP contribution in [0.25, 0.3) is 21.2 Å². The molecule has 352 valence electrons. The highest BCUT2D eigenvalue weighted by molar-refractivity contribution is 7.33. The van der Waals surface area contributed by atoms with Crippen LogP contribution in [0.2, 0.25) is 0 Å². The molecule has 69 heavy (non-hydrogen) atoms. The minimum atomic E-state index is -0.576. The summed E-state index contributed by atoms with van der Waals surface area (Å²) in [4.78, 5) is 4.81. The second kappa shape index (κ2) is 14.5. The topological polar surface area (TPSA) is 6.48 Å². The third-order valence-electron chi connectivity index (χ3n) is 18.2. The molecule has 0 saturated carbocycles. The van der Waals surface area contributed by atoms with Crippen molar-refractivity contribution in [2.45, 2.75) is 161 Å². The maximum atomic E-state index is 17.0. The Morgan fingerprint density at radius 1 is 0.478 bits per heavy atom. The molecule has 0 unspecified atom stereocenters. The highest BCUT2D eigenvalue weighted by Gasteiger charge is 2.50. The zero-order valence-corrected chi connectivity index (χ0v) is 43.9. The Bertz CT molecular complexity index is 3350. The molecule has 1 aromatic heterocycles. The molecule has 6 aromatic carbocycles. The van der Waals surface area contributed by atoms with Crippen molar-refractivity contribution in [3.8, 4) is 11.1 Å². The lowest BCUT2D eigenvalue weighted by atomic mass is 9.35. The summed E-state index contributed by atoms with van der Waals surface area (Å²) >= 11 is 1.88. The van der Waals surface area contributed by atoms with E-state index in [9.17, 15) is 0 Å². The van der Waals surface area contributed by atoms with E-state index in [1.165, 1.54) is 82.4 Å². The molecule has 7 aromatic rings. The third-order valence-corrected chi connectivity index (χ3v) is 19.4. The van der Waals surface area contributed by atoms with Crippen molar-refractivity contribution in [3.05, 3.63) is 148 Å². The largest absolute Gasteiger partial charge is 0.311 e. The van der Waals surface area contributed by atoms with Crippen LogP contribution < -0.4 is 25.5 Å². The lowest BCUT2D eigenvalue weighted by molar-refractivity contribution is 0.332. The van der Waals surface area contributed by atoms with E-state index in [-0.39, 0.29) is 39.2 Å². The van der Waals surface area contributed by atoms with Crippen LogP contribution in [0.4, 0.5) is 42.9 Å². The lowest BCUT2D eigenvalue weighted by Gasteiger charge is -2.48. The SMILES string of the molecule is Cc1cc2c3c(c1)N(c1ccc(F)cc1F)c1c(sc4cc5c(cc14)C(C)(C)CCC5(C)C)B3c1cc3c(cc1N2c1cc2c(cc1-c1ccccc1)C(C)(C)CCC2(C)C)C(C)(C)CCC3(C)C. The Morgan fingerprint density at radius 2 is 0.971 bits per heavy atom. The van der Waals surface area contributed by atoms with Gasteiger partial charge in [0, 0.05) is 43.6 Å². The minimum Gasteiger partial charge on any atom is -0.311 e. The number of aryl methyl sites for hydroxylation is 1. The van der Waals surface area contributed by atoms with Crippen LogP contribution in [0.15, 0.2) is 97.1 Å². The molecule has 12 rings (SSSR count). The van der Waals surface area contributed by atoms with Crippen LogP contribution in [0.1, 0.15) is 161 Å². The first-order chi connectivity index (χ1) is 32.4. The Kier molecular flexibility index (Phi) is 9.43. The van der Waals surface area contributed by atoms with Gasteiger partial charge in [0.1, 0.15) is 11.6 Å². The van der Waals surface area contributed by atoms with Gasteiger partial charge in [-0.25, -0.2) is 8.78 Å². The van der Waals surface area contributed by atoms with E-state index in [1.807, 2.05) is 11.3 Å². The van der Waals surface area contributed by atoms with Crippen molar-refractivity contribution in [1.82, 2.24) is 0 Å². The van der Waals surface area contributed by atoms with Gasteiger partial charge >= 0.3 is 0 Å². The van der Waals surface area contributed by atoms with Crippen LogP contribution in [-0.2, 0) is 32.5 Å². The molecule has 3 heterocycles.